The maximum atomic E-state index is 4.22. The van der Waals surface area contributed by atoms with Crippen LogP contribution in [0, 0.1) is 0 Å². The molecule has 0 fully saturated rings. The second kappa shape index (κ2) is 7.74. The highest BCUT2D eigenvalue weighted by Gasteiger charge is 1.93. The third-order valence-electron chi connectivity index (χ3n) is 1.54. The van der Waals surface area contributed by atoms with Crippen LogP contribution in [-0.4, -0.2) is 30.5 Å². The van der Waals surface area contributed by atoms with Crippen molar-refractivity contribution >= 4 is 0 Å². The van der Waals surface area contributed by atoms with E-state index in [0.29, 0.717) is 0 Å². The maximum absolute atomic E-state index is 4.22. The molecule has 0 spiro atoms. The van der Waals surface area contributed by atoms with Crippen LogP contribution in [0.2, 0.25) is 0 Å². The smallest absolute Gasteiger partial charge is 0.0416 e. The Balaban J connectivity index is 0.000000671. The van der Waals surface area contributed by atoms with Crippen molar-refractivity contribution in [1.82, 2.24) is 9.88 Å². The molecule has 0 atom stereocenters. The van der Waals surface area contributed by atoms with Crippen LogP contribution in [0.5, 0.6) is 0 Å². The Morgan fingerprint density at radius 2 is 1.92 bits per heavy atom. The Hall–Kier alpha value is -0.890. The minimum absolute atomic E-state index is 1.04. The van der Waals surface area contributed by atoms with Crippen molar-refractivity contribution in [2.45, 2.75) is 20.3 Å². The Bertz CT molecular complexity index is 195. The molecule has 2 nitrogen and oxygen atoms in total. The summed E-state index contributed by atoms with van der Waals surface area (Å²) < 4.78 is 0. The molecule has 1 aromatic heterocycles. The Morgan fingerprint density at radius 1 is 1.23 bits per heavy atom. The fourth-order valence-corrected chi connectivity index (χ4v) is 0.884. The van der Waals surface area contributed by atoms with Crippen molar-refractivity contribution in [2.75, 3.05) is 20.6 Å². The number of nitrogens with zero attached hydrogens (tertiary/aromatic N) is 2. The number of hydrogen-bond donors (Lipinski definition) is 0. The first-order valence-electron chi connectivity index (χ1n) is 4.83. The van der Waals surface area contributed by atoms with Gasteiger partial charge in [-0.05, 0) is 26.2 Å². The number of rotatable bonds is 3. The molecule has 0 amide bonds. The highest BCUT2D eigenvalue weighted by molar-refractivity contribution is 5.03. The van der Waals surface area contributed by atoms with Crippen LogP contribution in [0.25, 0.3) is 0 Å². The Labute approximate surface area is 81.6 Å². The summed E-state index contributed by atoms with van der Waals surface area (Å²) in [5, 5.41) is 0. The highest BCUT2D eigenvalue weighted by atomic mass is 15.0. The van der Waals surface area contributed by atoms with Gasteiger partial charge in [-0.15, -0.1) is 0 Å². The average molecular weight is 180 g/mol. The van der Waals surface area contributed by atoms with Crippen molar-refractivity contribution in [2.24, 2.45) is 0 Å². The third kappa shape index (κ3) is 6.29. The standard InChI is InChI=1S/C9H14N2.C2H6/c1-11(2)8-6-9-5-3-4-7-10-9;1-2/h3-5,7H,6,8H2,1-2H3;1-2H3. The summed E-state index contributed by atoms with van der Waals surface area (Å²) in [6, 6.07) is 6.03. The van der Waals surface area contributed by atoms with Crippen LogP contribution >= 0.6 is 0 Å². The van der Waals surface area contributed by atoms with Crippen molar-refractivity contribution in [3.8, 4) is 0 Å². The van der Waals surface area contributed by atoms with Gasteiger partial charge in [0.25, 0.3) is 0 Å². The van der Waals surface area contributed by atoms with E-state index in [1.807, 2.05) is 32.2 Å². The molecule has 1 heterocycles. The lowest BCUT2D eigenvalue weighted by Gasteiger charge is -2.07. The lowest BCUT2D eigenvalue weighted by atomic mass is 10.3. The number of likely N-dealkylation sites (N-methyl/N-ethyl adjacent to an activating group) is 1. The molecular formula is C11H20N2. The van der Waals surface area contributed by atoms with E-state index >= 15 is 0 Å². The largest absolute Gasteiger partial charge is 0.309 e. The number of pyridine rings is 1. The summed E-state index contributed by atoms with van der Waals surface area (Å²) in [7, 11) is 4.14. The van der Waals surface area contributed by atoms with Crippen molar-refractivity contribution in [3.05, 3.63) is 30.1 Å². The Morgan fingerprint density at radius 3 is 2.38 bits per heavy atom. The van der Waals surface area contributed by atoms with Crippen LogP contribution < -0.4 is 0 Å². The fraction of sp³-hybridized carbons (Fsp3) is 0.545. The first-order chi connectivity index (χ1) is 6.29. The molecule has 0 saturated carbocycles. The van der Waals surface area contributed by atoms with Crippen molar-refractivity contribution in [3.63, 3.8) is 0 Å². The lowest BCUT2D eigenvalue weighted by Crippen LogP contribution is -2.15. The zero-order chi connectivity index (χ0) is 10.1. The maximum Gasteiger partial charge on any atom is 0.0416 e. The molecule has 2 heteroatoms. The first-order valence-corrected chi connectivity index (χ1v) is 4.83. The molecule has 0 aliphatic carbocycles. The van der Waals surface area contributed by atoms with Crippen LogP contribution in [0.4, 0.5) is 0 Å². The van der Waals surface area contributed by atoms with E-state index in [1.165, 1.54) is 5.69 Å². The van der Waals surface area contributed by atoms with Gasteiger partial charge in [-0.3, -0.25) is 4.98 Å². The lowest BCUT2D eigenvalue weighted by molar-refractivity contribution is 0.412. The highest BCUT2D eigenvalue weighted by Crippen LogP contribution is 1.94. The van der Waals surface area contributed by atoms with E-state index in [1.54, 1.807) is 0 Å². The summed E-state index contributed by atoms with van der Waals surface area (Å²) in [4.78, 5) is 6.39. The molecule has 74 valence electrons. The summed E-state index contributed by atoms with van der Waals surface area (Å²) in [6.07, 6.45) is 2.87. The summed E-state index contributed by atoms with van der Waals surface area (Å²) in [6.45, 7) is 5.07. The fourth-order valence-electron chi connectivity index (χ4n) is 0.884. The van der Waals surface area contributed by atoms with Crippen LogP contribution in [0.1, 0.15) is 19.5 Å². The summed E-state index contributed by atoms with van der Waals surface area (Å²) in [5.74, 6) is 0. The van der Waals surface area contributed by atoms with Gasteiger partial charge in [-0.1, -0.05) is 19.9 Å². The normalized spacial score (nSPS) is 9.31. The van der Waals surface area contributed by atoms with Gasteiger partial charge in [0.05, 0.1) is 0 Å². The van der Waals surface area contributed by atoms with Gasteiger partial charge in [0.2, 0.25) is 0 Å². The predicted octanol–water partition coefficient (Wildman–Crippen LogP) is 2.21. The molecule has 0 bridgehead atoms. The summed E-state index contributed by atoms with van der Waals surface area (Å²) in [5.41, 5.74) is 1.17. The number of aromatic nitrogens is 1. The van der Waals surface area contributed by atoms with Gasteiger partial charge in [0.1, 0.15) is 0 Å². The van der Waals surface area contributed by atoms with Crippen molar-refractivity contribution in [1.29, 1.82) is 0 Å². The molecule has 0 N–H and O–H groups in total. The number of hydrogen-bond acceptors (Lipinski definition) is 2. The second-order valence-corrected chi connectivity index (χ2v) is 2.87. The average Bonchev–Trinajstić information content (AvgIpc) is 2.19. The van der Waals surface area contributed by atoms with E-state index in [4.69, 9.17) is 0 Å². The molecule has 0 aliphatic heterocycles. The zero-order valence-corrected chi connectivity index (χ0v) is 9.12. The SMILES string of the molecule is CC.CN(C)CCc1ccccn1. The quantitative estimate of drug-likeness (QED) is 0.709. The van der Waals surface area contributed by atoms with Crippen LogP contribution in [0.15, 0.2) is 24.4 Å². The topological polar surface area (TPSA) is 16.1 Å². The molecule has 0 radical (unpaired) electrons. The van der Waals surface area contributed by atoms with E-state index in [0.717, 1.165) is 13.0 Å². The Kier molecular flexibility index (Phi) is 7.21. The zero-order valence-electron chi connectivity index (χ0n) is 9.12. The summed E-state index contributed by atoms with van der Waals surface area (Å²) >= 11 is 0. The second-order valence-electron chi connectivity index (χ2n) is 2.87. The minimum atomic E-state index is 1.04. The van der Waals surface area contributed by atoms with Gasteiger partial charge in [-0.25, -0.2) is 0 Å². The van der Waals surface area contributed by atoms with E-state index < -0.39 is 0 Å². The molecule has 0 unspecified atom stereocenters. The molecule has 0 aliphatic rings. The van der Waals surface area contributed by atoms with E-state index in [-0.39, 0.29) is 0 Å². The first kappa shape index (κ1) is 12.1. The van der Waals surface area contributed by atoms with Gasteiger partial charge < -0.3 is 4.90 Å². The molecule has 13 heavy (non-hydrogen) atoms. The van der Waals surface area contributed by atoms with Gasteiger partial charge in [0.15, 0.2) is 0 Å². The molecule has 1 aromatic rings. The third-order valence-corrected chi connectivity index (χ3v) is 1.54. The minimum Gasteiger partial charge on any atom is -0.309 e. The molecular weight excluding hydrogens is 160 g/mol. The van der Waals surface area contributed by atoms with Crippen LogP contribution in [0.3, 0.4) is 0 Å². The van der Waals surface area contributed by atoms with Gasteiger partial charge in [-0.2, -0.15) is 0 Å². The molecule has 1 rings (SSSR count). The van der Waals surface area contributed by atoms with Gasteiger partial charge >= 0.3 is 0 Å². The molecule has 0 saturated heterocycles. The van der Waals surface area contributed by atoms with Crippen LogP contribution in [-0.2, 0) is 6.42 Å². The predicted molar refractivity (Wildman–Crippen MR) is 57.8 cm³/mol. The van der Waals surface area contributed by atoms with Crippen molar-refractivity contribution < 1.29 is 0 Å². The molecule has 0 aromatic carbocycles. The van der Waals surface area contributed by atoms with E-state index in [2.05, 4.69) is 30.0 Å². The van der Waals surface area contributed by atoms with E-state index in [9.17, 15) is 0 Å². The monoisotopic (exact) mass is 180 g/mol. The van der Waals surface area contributed by atoms with Gasteiger partial charge in [0, 0.05) is 24.9 Å².